The summed E-state index contributed by atoms with van der Waals surface area (Å²) in [5.74, 6) is -2.30. The molecule has 0 atom stereocenters. The van der Waals surface area contributed by atoms with Gasteiger partial charge in [0, 0.05) is 5.38 Å². The van der Waals surface area contributed by atoms with Gasteiger partial charge in [0.25, 0.3) is 5.91 Å². The summed E-state index contributed by atoms with van der Waals surface area (Å²) in [7, 11) is 0. The average Bonchev–Trinajstić information content (AvgIpc) is 2.79. The van der Waals surface area contributed by atoms with Gasteiger partial charge in [0.1, 0.15) is 10.3 Å². The predicted molar refractivity (Wildman–Crippen MR) is 76.6 cm³/mol. The maximum atomic E-state index is 10.8. The van der Waals surface area contributed by atoms with E-state index < -0.39 is 11.9 Å². The summed E-state index contributed by atoms with van der Waals surface area (Å²) in [5.41, 5.74) is 5.34. The lowest BCUT2D eigenvalue weighted by molar-refractivity contribution is 0.0692. The molecule has 0 fully saturated rings. The van der Waals surface area contributed by atoms with Crippen LogP contribution in [0, 0.1) is 6.92 Å². The van der Waals surface area contributed by atoms with E-state index in [1.54, 1.807) is 0 Å². The normalized spacial score (nSPS) is 9.55. The van der Waals surface area contributed by atoms with Crippen molar-refractivity contribution in [2.75, 3.05) is 0 Å². The number of aromatic carboxylic acids is 1. The number of nitrogens with zero attached hydrogens (tertiary/aromatic N) is 2. The number of hydrogen-bond acceptors (Lipinski definition) is 5. The second kappa shape index (κ2) is 7.18. The topological polar surface area (TPSA) is 106 Å². The Bertz CT molecular complexity index is 632. The van der Waals surface area contributed by atoms with E-state index in [4.69, 9.17) is 34.0 Å². The average molecular weight is 334 g/mol. The van der Waals surface area contributed by atoms with Gasteiger partial charge in [-0.2, -0.15) is 4.37 Å². The first-order valence-electron chi connectivity index (χ1n) is 5.09. The lowest BCUT2D eigenvalue weighted by Crippen LogP contribution is -2.17. The molecule has 0 saturated heterocycles. The number of aryl methyl sites for hydroxylation is 1. The Morgan fingerprint density at radius 2 is 2.05 bits per heavy atom. The standard InChI is InChI=1S/C7H4Cl2N2O3.C4H5NS/c8-3-1-2(7(13)14)4(6(10)12)5(9)11-3;1-4-2-3-6-5-4/h1H,(H2,10,12)(H,13,14);2-3H,1H3. The van der Waals surface area contributed by atoms with Crippen LogP contribution in [0.1, 0.15) is 26.4 Å². The molecule has 0 radical (unpaired) electrons. The van der Waals surface area contributed by atoms with Crippen LogP contribution in [0.2, 0.25) is 10.3 Å². The SMILES string of the molecule is Cc1ccsn1.NC(=O)c1c(C(=O)O)cc(Cl)nc1Cl. The molecule has 2 aromatic heterocycles. The van der Waals surface area contributed by atoms with Gasteiger partial charge in [0.2, 0.25) is 0 Å². The molecule has 2 aromatic rings. The van der Waals surface area contributed by atoms with Crippen molar-refractivity contribution in [3.05, 3.63) is 44.6 Å². The van der Waals surface area contributed by atoms with E-state index in [2.05, 4.69) is 9.36 Å². The van der Waals surface area contributed by atoms with E-state index in [0.29, 0.717) is 0 Å². The summed E-state index contributed by atoms with van der Waals surface area (Å²) >= 11 is 12.5. The second-order valence-electron chi connectivity index (χ2n) is 3.47. The molecule has 1 amide bonds. The van der Waals surface area contributed by atoms with E-state index in [9.17, 15) is 9.59 Å². The Morgan fingerprint density at radius 3 is 2.40 bits per heavy atom. The van der Waals surface area contributed by atoms with Gasteiger partial charge in [-0.3, -0.25) is 4.79 Å². The van der Waals surface area contributed by atoms with Crippen LogP contribution < -0.4 is 5.73 Å². The van der Waals surface area contributed by atoms with Crippen LogP contribution in [0.15, 0.2) is 17.5 Å². The van der Waals surface area contributed by atoms with Crippen molar-refractivity contribution < 1.29 is 14.7 Å². The van der Waals surface area contributed by atoms with Crippen molar-refractivity contribution in [2.45, 2.75) is 6.92 Å². The third-order valence-electron chi connectivity index (χ3n) is 1.99. The fraction of sp³-hybridized carbons (Fsp3) is 0.0909. The van der Waals surface area contributed by atoms with Gasteiger partial charge in [-0.05, 0) is 30.6 Å². The molecule has 0 saturated carbocycles. The summed E-state index contributed by atoms with van der Waals surface area (Å²) in [4.78, 5) is 25.0. The summed E-state index contributed by atoms with van der Waals surface area (Å²) < 4.78 is 3.96. The quantitative estimate of drug-likeness (QED) is 0.821. The Hall–Kier alpha value is -1.70. The van der Waals surface area contributed by atoms with Crippen molar-refractivity contribution in [1.29, 1.82) is 0 Å². The Balaban J connectivity index is 0.000000276. The van der Waals surface area contributed by atoms with Crippen molar-refractivity contribution in [3.63, 3.8) is 0 Å². The zero-order valence-corrected chi connectivity index (χ0v) is 12.5. The van der Waals surface area contributed by atoms with Crippen molar-refractivity contribution in [2.24, 2.45) is 5.73 Å². The first-order valence-corrected chi connectivity index (χ1v) is 6.68. The van der Waals surface area contributed by atoms with Crippen LogP contribution >= 0.6 is 34.7 Å². The number of amides is 1. The maximum Gasteiger partial charge on any atom is 0.336 e. The highest BCUT2D eigenvalue weighted by molar-refractivity contribution is 7.03. The predicted octanol–water partition coefficient (Wildman–Crippen LogP) is 2.64. The number of rotatable bonds is 2. The van der Waals surface area contributed by atoms with Crippen LogP contribution in [0.25, 0.3) is 0 Å². The lowest BCUT2D eigenvalue weighted by atomic mass is 10.1. The van der Waals surface area contributed by atoms with Crippen LogP contribution in [-0.4, -0.2) is 26.3 Å². The summed E-state index contributed by atoms with van der Waals surface area (Å²) in [6.07, 6.45) is 0. The molecule has 0 aliphatic carbocycles. The maximum absolute atomic E-state index is 10.8. The van der Waals surface area contributed by atoms with E-state index in [1.807, 2.05) is 18.4 Å². The summed E-state index contributed by atoms with van der Waals surface area (Å²) in [6.45, 7) is 1.98. The fourth-order valence-corrected chi connectivity index (χ4v) is 2.23. The molecular weight excluding hydrogens is 325 g/mol. The Kier molecular flexibility index (Phi) is 5.87. The van der Waals surface area contributed by atoms with Crippen molar-refractivity contribution in [1.82, 2.24) is 9.36 Å². The highest BCUT2D eigenvalue weighted by atomic mass is 35.5. The third kappa shape index (κ3) is 4.44. The molecule has 106 valence electrons. The molecule has 3 N–H and O–H groups in total. The number of hydrogen-bond donors (Lipinski definition) is 2. The van der Waals surface area contributed by atoms with Crippen LogP contribution in [0.5, 0.6) is 0 Å². The van der Waals surface area contributed by atoms with Gasteiger partial charge in [-0.15, -0.1) is 0 Å². The Morgan fingerprint density at radius 1 is 1.40 bits per heavy atom. The zero-order valence-electron chi connectivity index (χ0n) is 10.1. The Labute approximate surface area is 128 Å². The second-order valence-corrected chi connectivity index (χ2v) is 4.88. The molecule has 0 spiro atoms. The number of pyridine rings is 1. The number of carbonyl (C=O) groups is 2. The van der Waals surface area contributed by atoms with Crippen LogP contribution in [0.3, 0.4) is 0 Å². The number of carboxylic acids is 1. The van der Waals surface area contributed by atoms with E-state index in [-0.39, 0.29) is 21.4 Å². The number of carboxylic acid groups (broad SMARTS) is 1. The zero-order chi connectivity index (χ0) is 15.3. The summed E-state index contributed by atoms with van der Waals surface area (Å²) in [6, 6.07) is 3.00. The first kappa shape index (κ1) is 16.4. The number of primary amides is 1. The number of nitrogens with two attached hydrogens (primary N) is 1. The van der Waals surface area contributed by atoms with Crippen LogP contribution in [-0.2, 0) is 0 Å². The number of aromatic nitrogens is 2. The highest BCUT2D eigenvalue weighted by Gasteiger charge is 2.20. The fourth-order valence-electron chi connectivity index (χ4n) is 1.16. The summed E-state index contributed by atoms with van der Waals surface area (Å²) in [5, 5.41) is 10.2. The minimum atomic E-state index is -1.34. The molecule has 0 aliphatic rings. The lowest BCUT2D eigenvalue weighted by Gasteiger charge is -2.03. The third-order valence-corrected chi connectivity index (χ3v) is 3.11. The monoisotopic (exact) mass is 333 g/mol. The van der Waals surface area contributed by atoms with Crippen LogP contribution in [0.4, 0.5) is 0 Å². The van der Waals surface area contributed by atoms with Gasteiger partial charge in [0.05, 0.1) is 16.8 Å². The molecular formula is C11H9Cl2N3O3S. The molecule has 0 bridgehead atoms. The van der Waals surface area contributed by atoms with Crippen molar-refractivity contribution in [3.8, 4) is 0 Å². The van der Waals surface area contributed by atoms with Gasteiger partial charge >= 0.3 is 5.97 Å². The van der Waals surface area contributed by atoms with Gasteiger partial charge in [-0.25, -0.2) is 9.78 Å². The number of halogens is 2. The van der Waals surface area contributed by atoms with E-state index in [0.717, 1.165) is 11.8 Å². The smallest absolute Gasteiger partial charge is 0.336 e. The largest absolute Gasteiger partial charge is 0.478 e. The van der Waals surface area contributed by atoms with Crippen molar-refractivity contribution >= 4 is 46.6 Å². The first-order chi connectivity index (χ1) is 9.32. The molecule has 0 aliphatic heterocycles. The molecule has 2 rings (SSSR count). The van der Waals surface area contributed by atoms with Gasteiger partial charge < -0.3 is 10.8 Å². The molecule has 0 aromatic carbocycles. The highest BCUT2D eigenvalue weighted by Crippen LogP contribution is 2.21. The molecule has 9 heteroatoms. The molecule has 0 unspecified atom stereocenters. The van der Waals surface area contributed by atoms with Gasteiger partial charge in [0.15, 0.2) is 0 Å². The molecule has 6 nitrogen and oxygen atoms in total. The molecule has 20 heavy (non-hydrogen) atoms. The van der Waals surface area contributed by atoms with E-state index in [1.165, 1.54) is 11.5 Å². The van der Waals surface area contributed by atoms with E-state index >= 15 is 0 Å². The molecule has 2 heterocycles. The minimum Gasteiger partial charge on any atom is -0.478 e. The van der Waals surface area contributed by atoms with Gasteiger partial charge in [-0.1, -0.05) is 23.2 Å². The minimum absolute atomic E-state index is 0.114. The number of carbonyl (C=O) groups excluding carboxylic acids is 1.